The molecule has 10 heteroatoms. The fraction of sp³-hybridized carbons (Fsp3) is 0.478. The number of carbonyl (C=O) groups is 4. The summed E-state index contributed by atoms with van der Waals surface area (Å²) in [5, 5.41) is 16.5. The summed E-state index contributed by atoms with van der Waals surface area (Å²) in [5.41, 5.74) is 3.07. The van der Waals surface area contributed by atoms with Gasteiger partial charge in [-0.2, -0.15) is 0 Å². The number of ether oxygens (including phenoxy) is 3. The molecular weight excluding hydrogens is 709 g/mol. The first-order chi connectivity index (χ1) is 27.1. The molecule has 56 heavy (non-hydrogen) atoms. The number of phenols is 1. The minimum atomic E-state index is -0.737. The van der Waals surface area contributed by atoms with Gasteiger partial charge in [0, 0.05) is 30.5 Å². The standard InChI is InChI=1S/C46H64N2O8/c1-6-7-8-9-10-11-12-13-14-15-16-17-18-19-20-21-22-23-24-28-41(50)48-39(45(52)55-5)27-25-26-33-47-40(49)32-30-35(2)29-31-37-43(51)42-38(34-56-46(42)53)36(3)44(37)54-4/h7-8,10-11,13-14,16-17,19-20,22-23,29,39,51H,6,9,12,15,18,21,24-28,30-34H2,1-5H3,(H,47,49)(H,48,50). The molecule has 1 heterocycles. The van der Waals surface area contributed by atoms with E-state index < -0.39 is 18.0 Å². The van der Waals surface area contributed by atoms with Crippen molar-refractivity contribution in [2.45, 2.75) is 123 Å². The van der Waals surface area contributed by atoms with Crippen LogP contribution >= 0.6 is 0 Å². The second-order valence-corrected chi connectivity index (χ2v) is 13.6. The van der Waals surface area contributed by atoms with Crippen molar-refractivity contribution in [2.24, 2.45) is 0 Å². The van der Waals surface area contributed by atoms with Gasteiger partial charge in [0.25, 0.3) is 0 Å². The van der Waals surface area contributed by atoms with E-state index in [-0.39, 0.29) is 36.2 Å². The van der Waals surface area contributed by atoms with Crippen LogP contribution in [-0.4, -0.2) is 55.7 Å². The molecule has 1 aromatic rings. The average Bonchev–Trinajstić information content (AvgIpc) is 3.59. The number of amides is 2. The molecule has 0 bridgehead atoms. The number of cyclic esters (lactones) is 1. The predicted octanol–water partition coefficient (Wildman–Crippen LogP) is 9.07. The van der Waals surface area contributed by atoms with Crippen molar-refractivity contribution in [2.75, 3.05) is 20.8 Å². The fourth-order valence-corrected chi connectivity index (χ4v) is 6.02. The lowest BCUT2D eigenvalue weighted by atomic mass is 9.94. The molecule has 0 saturated heterocycles. The van der Waals surface area contributed by atoms with Crippen LogP contribution in [0.25, 0.3) is 0 Å². The monoisotopic (exact) mass is 772 g/mol. The third-order valence-electron chi connectivity index (χ3n) is 9.25. The summed E-state index contributed by atoms with van der Waals surface area (Å²) >= 11 is 0. The molecule has 2 amide bonds. The quantitative estimate of drug-likeness (QED) is 0.0457. The zero-order valence-corrected chi connectivity index (χ0v) is 34.2. The van der Waals surface area contributed by atoms with E-state index in [0.717, 1.165) is 49.7 Å². The van der Waals surface area contributed by atoms with E-state index in [4.69, 9.17) is 14.2 Å². The van der Waals surface area contributed by atoms with Crippen LogP contribution < -0.4 is 15.4 Å². The highest BCUT2D eigenvalue weighted by atomic mass is 16.5. The molecule has 2 rings (SSSR count). The number of hydrogen-bond acceptors (Lipinski definition) is 8. The van der Waals surface area contributed by atoms with E-state index in [1.165, 1.54) is 14.2 Å². The van der Waals surface area contributed by atoms with Crippen LogP contribution in [0.15, 0.2) is 84.6 Å². The maximum atomic E-state index is 12.5. The van der Waals surface area contributed by atoms with Crippen molar-refractivity contribution >= 4 is 23.8 Å². The molecule has 0 aliphatic carbocycles. The van der Waals surface area contributed by atoms with Gasteiger partial charge < -0.3 is 30.0 Å². The van der Waals surface area contributed by atoms with Crippen LogP contribution in [-0.2, 0) is 36.9 Å². The molecule has 0 saturated carbocycles. The summed E-state index contributed by atoms with van der Waals surface area (Å²) in [4.78, 5) is 49.5. The minimum Gasteiger partial charge on any atom is -0.507 e. The highest BCUT2D eigenvalue weighted by molar-refractivity contribution is 5.98. The number of hydrogen-bond donors (Lipinski definition) is 3. The summed E-state index contributed by atoms with van der Waals surface area (Å²) in [6.07, 6.45) is 36.9. The van der Waals surface area contributed by atoms with Crippen molar-refractivity contribution in [3.05, 3.63) is 107 Å². The number of esters is 2. The second-order valence-electron chi connectivity index (χ2n) is 13.6. The molecule has 0 radical (unpaired) electrons. The zero-order valence-electron chi connectivity index (χ0n) is 34.2. The third kappa shape index (κ3) is 18.0. The third-order valence-corrected chi connectivity index (χ3v) is 9.25. The van der Waals surface area contributed by atoms with Gasteiger partial charge >= 0.3 is 11.9 Å². The van der Waals surface area contributed by atoms with Crippen molar-refractivity contribution in [1.29, 1.82) is 0 Å². The maximum absolute atomic E-state index is 12.5. The lowest BCUT2D eigenvalue weighted by Gasteiger charge is -2.16. The lowest BCUT2D eigenvalue weighted by Crippen LogP contribution is -2.41. The molecule has 306 valence electrons. The molecule has 0 spiro atoms. The van der Waals surface area contributed by atoms with Crippen molar-refractivity contribution in [3.8, 4) is 11.5 Å². The lowest BCUT2D eigenvalue weighted by molar-refractivity contribution is -0.145. The molecule has 0 aromatic heterocycles. The van der Waals surface area contributed by atoms with Gasteiger partial charge in [-0.3, -0.25) is 9.59 Å². The smallest absolute Gasteiger partial charge is 0.342 e. The molecule has 1 atom stereocenters. The van der Waals surface area contributed by atoms with Crippen LogP contribution in [0.4, 0.5) is 0 Å². The Labute approximate surface area is 334 Å². The molecule has 1 aromatic carbocycles. The Hall–Kier alpha value is -5.12. The number of carbonyl (C=O) groups excluding carboxylic acids is 4. The van der Waals surface area contributed by atoms with E-state index in [1.54, 1.807) is 0 Å². The Morgan fingerprint density at radius 2 is 1.41 bits per heavy atom. The van der Waals surface area contributed by atoms with E-state index in [0.29, 0.717) is 68.4 Å². The number of phenolic OH excluding ortho intramolecular Hbond substituents is 1. The number of methoxy groups -OCH3 is 2. The predicted molar refractivity (Wildman–Crippen MR) is 223 cm³/mol. The Morgan fingerprint density at radius 3 is 1.98 bits per heavy atom. The number of fused-ring (bicyclic) bond motifs is 1. The average molecular weight is 773 g/mol. The van der Waals surface area contributed by atoms with E-state index in [1.807, 2.05) is 32.1 Å². The topological polar surface area (TPSA) is 140 Å². The van der Waals surface area contributed by atoms with Gasteiger partial charge in [-0.05, 0) is 96.5 Å². The number of allylic oxidation sites excluding steroid dienone is 14. The summed E-state index contributed by atoms with van der Waals surface area (Å²) in [5.74, 6) is -0.932. The van der Waals surface area contributed by atoms with Crippen molar-refractivity contribution in [3.63, 3.8) is 0 Å². The van der Waals surface area contributed by atoms with Gasteiger partial charge in [0.2, 0.25) is 11.8 Å². The van der Waals surface area contributed by atoms with Gasteiger partial charge in [0.15, 0.2) is 0 Å². The van der Waals surface area contributed by atoms with Crippen LogP contribution in [0, 0.1) is 6.92 Å². The first-order valence-electron chi connectivity index (χ1n) is 19.9. The number of aromatic hydroxyl groups is 1. The van der Waals surface area contributed by atoms with Crippen LogP contribution in [0.2, 0.25) is 0 Å². The highest BCUT2D eigenvalue weighted by Gasteiger charge is 2.32. The molecule has 1 aliphatic rings. The van der Waals surface area contributed by atoms with Crippen molar-refractivity contribution in [1.82, 2.24) is 10.6 Å². The largest absolute Gasteiger partial charge is 0.507 e. The van der Waals surface area contributed by atoms with Crippen LogP contribution in [0.3, 0.4) is 0 Å². The van der Waals surface area contributed by atoms with Crippen LogP contribution in [0.5, 0.6) is 11.5 Å². The number of nitrogens with one attached hydrogen (secondary N) is 2. The first-order valence-corrected chi connectivity index (χ1v) is 19.9. The van der Waals surface area contributed by atoms with E-state index in [2.05, 4.69) is 78.3 Å². The van der Waals surface area contributed by atoms with Gasteiger partial charge in [-0.15, -0.1) is 0 Å². The number of benzene rings is 1. The number of unbranched alkanes of at least 4 members (excludes halogenated alkanes) is 1. The number of rotatable bonds is 27. The fourth-order valence-electron chi connectivity index (χ4n) is 6.02. The second kappa shape index (κ2) is 28.3. The van der Waals surface area contributed by atoms with Gasteiger partial charge in [0.05, 0.1) is 14.2 Å². The Balaban J connectivity index is 1.61. The molecule has 0 fully saturated rings. The molecule has 1 unspecified atom stereocenters. The molecule has 3 N–H and O–H groups in total. The van der Waals surface area contributed by atoms with Gasteiger partial charge in [0.1, 0.15) is 29.7 Å². The zero-order chi connectivity index (χ0) is 41.0. The molecule has 10 nitrogen and oxygen atoms in total. The first kappa shape index (κ1) is 47.0. The summed E-state index contributed by atoms with van der Waals surface area (Å²) in [6, 6.07) is -0.737. The normalized spacial score (nSPS) is 13.8. The van der Waals surface area contributed by atoms with Gasteiger partial charge in [-0.25, -0.2) is 9.59 Å². The Morgan fingerprint density at radius 1 is 0.821 bits per heavy atom. The SMILES string of the molecule is CCC=CCC=CCC=CCC=CCC=CCC=CCCC(=O)NC(CCCCNC(=O)CCC(C)=CCc1c(O)c2c(c(C)c1OC)COC2=O)C(=O)OC. The molecule has 1 aliphatic heterocycles. The molecular formula is C46H64N2O8. The summed E-state index contributed by atoms with van der Waals surface area (Å²) in [6.45, 7) is 6.45. The highest BCUT2D eigenvalue weighted by Crippen LogP contribution is 2.42. The van der Waals surface area contributed by atoms with Gasteiger partial charge in [-0.1, -0.05) is 91.5 Å². The Kier molecular flexibility index (Phi) is 23.8. The van der Waals surface area contributed by atoms with Crippen LogP contribution in [0.1, 0.15) is 124 Å². The van der Waals surface area contributed by atoms with E-state index >= 15 is 0 Å². The summed E-state index contributed by atoms with van der Waals surface area (Å²) in [7, 11) is 2.83. The Bertz CT molecular complexity index is 1630. The minimum absolute atomic E-state index is 0.0958. The summed E-state index contributed by atoms with van der Waals surface area (Å²) < 4.78 is 15.6. The maximum Gasteiger partial charge on any atom is 0.342 e. The van der Waals surface area contributed by atoms with Crippen molar-refractivity contribution < 1.29 is 38.5 Å². The van der Waals surface area contributed by atoms with E-state index in [9.17, 15) is 24.3 Å².